The first-order valence-electron chi connectivity index (χ1n) is 4.20. The summed E-state index contributed by atoms with van der Waals surface area (Å²) in [4.78, 5) is 3.33. The summed E-state index contributed by atoms with van der Waals surface area (Å²) in [5, 5.41) is 9.04. The second-order valence-corrected chi connectivity index (χ2v) is 3.27. The largest absolute Gasteiger partial charge is 0.529 e. The summed E-state index contributed by atoms with van der Waals surface area (Å²) < 4.78 is 11.7. The van der Waals surface area contributed by atoms with Gasteiger partial charge in [-0.05, 0) is 16.9 Å². The molecule has 0 atom stereocenters. The molecule has 0 fully saturated rings. The first-order chi connectivity index (χ1) is 6.15. The predicted octanol–water partition coefficient (Wildman–Crippen LogP) is 1.40. The van der Waals surface area contributed by atoms with Crippen molar-refractivity contribution in [3.63, 3.8) is 0 Å². The van der Waals surface area contributed by atoms with Gasteiger partial charge in [0.05, 0.1) is 0 Å². The van der Waals surface area contributed by atoms with Gasteiger partial charge in [-0.1, -0.05) is 42.6 Å². The number of rotatable bonds is 3. The summed E-state index contributed by atoms with van der Waals surface area (Å²) in [6.45, 7) is 4.06. The van der Waals surface area contributed by atoms with Crippen molar-refractivity contribution >= 4 is 12.6 Å². The highest BCUT2D eigenvalue weighted by molar-refractivity contribution is 6.59. The molecular formula is C9H12BFO2. The van der Waals surface area contributed by atoms with E-state index in [1.807, 2.05) is 19.9 Å². The van der Waals surface area contributed by atoms with E-state index in [0.717, 1.165) is 5.56 Å². The summed E-state index contributed by atoms with van der Waals surface area (Å²) in [5.74, 6) is 0.353. The van der Waals surface area contributed by atoms with E-state index in [-0.39, 0.29) is 0 Å². The molecule has 70 valence electrons. The molecule has 0 radical (unpaired) electrons. The van der Waals surface area contributed by atoms with Gasteiger partial charge in [-0.2, -0.15) is 0 Å². The van der Waals surface area contributed by atoms with Gasteiger partial charge in [0.1, 0.15) is 0 Å². The Morgan fingerprint density at radius 1 is 1.46 bits per heavy atom. The normalized spacial score (nSPS) is 10.5. The summed E-state index contributed by atoms with van der Waals surface area (Å²) in [6, 6.07) is 7.05. The molecule has 4 heteroatoms. The molecule has 1 rings (SSSR count). The molecule has 0 aromatic heterocycles. The van der Waals surface area contributed by atoms with Crippen molar-refractivity contribution in [1.29, 1.82) is 0 Å². The molecule has 0 amide bonds. The van der Waals surface area contributed by atoms with Gasteiger partial charge in [-0.25, -0.2) is 4.86 Å². The van der Waals surface area contributed by atoms with Crippen molar-refractivity contribution in [2.45, 2.75) is 19.8 Å². The predicted molar refractivity (Wildman–Crippen MR) is 50.3 cm³/mol. The van der Waals surface area contributed by atoms with E-state index in [1.54, 1.807) is 18.2 Å². The van der Waals surface area contributed by atoms with E-state index >= 15 is 0 Å². The maximum atomic E-state index is 11.7. The fourth-order valence-electron chi connectivity index (χ4n) is 1.12. The topological polar surface area (TPSA) is 29.5 Å². The SMILES string of the molecule is CC(C)c1cccc(B(O)OF)c1. The minimum Gasteiger partial charge on any atom is -0.421 e. The van der Waals surface area contributed by atoms with Crippen LogP contribution in [-0.2, 0) is 4.86 Å². The summed E-state index contributed by atoms with van der Waals surface area (Å²) in [5.41, 5.74) is 1.49. The molecule has 0 spiro atoms. The third-order valence-electron chi connectivity index (χ3n) is 1.95. The molecule has 1 aromatic carbocycles. The third kappa shape index (κ3) is 2.54. The average Bonchev–Trinajstić information content (AvgIpc) is 2.17. The average molecular weight is 182 g/mol. The third-order valence-corrected chi connectivity index (χ3v) is 1.95. The monoisotopic (exact) mass is 182 g/mol. The van der Waals surface area contributed by atoms with E-state index in [2.05, 4.69) is 4.86 Å². The molecule has 2 nitrogen and oxygen atoms in total. The molecule has 0 aliphatic carbocycles. The molecule has 0 unspecified atom stereocenters. The molecule has 0 saturated heterocycles. The maximum Gasteiger partial charge on any atom is 0.529 e. The zero-order valence-corrected chi connectivity index (χ0v) is 7.70. The minimum absolute atomic E-state index is 0.353. The zero-order valence-electron chi connectivity index (χ0n) is 7.70. The van der Waals surface area contributed by atoms with Crippen LogP contribution in [0.25, 0.3) is 0 Å². The Kier molecular flexibility index (Phi) is 3.45. The first-order valence-corrected chi connectivity index (χ1v) is 4.20. The molecule has 0 bridgehead atoms. The lowest BCUT2D eigenvalue weighted by molar-refractivity contribution is -0.0267. The van der Waals surface area contributed by atoms with Gasteiger partial charge in [0.25, 0.3) is 0 Å². The van der Waals surface area contributed by atoms with Crippen molar-refractivity contribution in [3.8, 4) is 0 Å². The molecule has 13 heavy (non-hydrogen) atoms. The van der Waals surface area contributed by atoms with E-state index in [0.29, 0.717) is 11.4 Å². The quantitative estimate of drug-likeness (QED) is 0.715. The Morgan fingerprint density at radius 3 is 2.69 bits per heavy atom. The van der Waals surface area contributed by atoms with Crippen LogP contribution in [0.4, 0.5) is 4.53 Å². The smallest absolute Gasteiger partial charge is 0.421 e. The second-order valence-electron chi connectivity index (χ2n) is 3.27. The van der Waals surface area contributed by atoms with E-state index in [1.165, 1.54) is 0 Å². The highest BCUT2D eigenvalue weighted by atomic mass is 19.3. The van der Waals surface area contributed by atoms with Gasteiger partial charge >= 0.3 is 7.12 Å². The standard InChI is InChI=1S/C9H12BFO2/c1-7(2)8-4-3-5-9(6-8)10(12)13-11/h3-7,12H,1-2H3. The van der Waals surface area contributed by atoms with Gasteiger partial charge in [-0.3, -0.25) is 0 Å². The van der Waals surface area contributed by atoms with Crippen LogP contribution in [0.5, 0.6) is 0 Å². The molecule has 1 aromatic rings. The van der Waals surface area contributed by atoms with Crippen molar-refractivity contribution in [1.82, 2.24) is 0 Å². The summed E-state index contributed by atoms with van der Waals surface area (Å²) in [7, 11) is -1.47. The second kappa shape index (κ2) is 4.39. The van der Waals surface area contributed by atoms with E-state index in [4.69, 9.17) is 5.02 Å². The molecule has 1 N–H and O–H groups in total. The van der Waals surface area contributed by atoms with Gasteiger partial charge in [0.2, 0.25) is 0 Å². The van der Waals surface area contributed by atoms with Gasteiger partial charge in [0, 0.05) is 0 Å². The van der Waals surface area contributed by atoms with Crippen molar-refractivity contribution in [3.05, 3.63) is 29.8 Å². The van der Waals surface area contributed by atoms with E-state index < -0.39 is 7.12 Å². The highest BCUT2D eigenvalue weighted by Crippen LogP contribution is 2.11. The van der Waals surface area contributed by atoms with Crippen molar-refractivity contribution in [2.75, 3.05) is 0 Å². The Morgan fingerprint density at radius 2 is 2.15 bits per heavy atom. The van der Waals surface area contributed by atoms with Gasteiger partial charge < -0.3 is 5.02 Å². The maximum absolute atomic E-state index is 11.7. The highest BCUT2D eigenvalue weighted by Gasteiger charge is 2.17. The molecule has 0 aliphatic heterocycles. The molecule has 0 heterocycles. The van der Waals surface area contributed by atoms with Gasteiger partial charge in [-0.15, -0.1) is 0 Å². The lowest BCUT2D eigenvalue weighted by atomic mass is 9.78. The number of halogens is 1. The van der Waals surface area contributed by atoms with Crippen molar-refractivity contribution in [2.24, 2.45) is 0 Å². The van der Waals surface area contributed by atoms with Crippen LogP contribution in [0.1, 0.15) is 25.3 Å². The lowest BCUT2D eigenvalue weighted by Crippen LogP contribution is -2.31. The number of hydrogen-bond acceptors (Lipinski definition) is 2. The fraction of sp³-hybridized carbons (Fsp3) is 0.333. The van der Waals surface area contributed by atoms with Crippen molar-refractivity contribution < 1.29 is 14.4 Å². The number of benzene rings is 1. The zero-order chi connectivity index (χ0) is 9.84. The minimum atomic E-state index is -1.47. The fourth-order valence-corrected chi connectivity index (χ4v) is 1.12. The Balaban J connectivity index is 2.91. The lowest BCUT2D eigenvalue weighted by Gasteiger charge is -2.07. The van der Waals surface area contributed by atoms with Crippen LogP contribution in [-0.4, -0.2) is 12.1 Å². The van der Waals surface area contributed by atoms with Crippen LogP contribution < -0.4 is 5.46 Å². The van der Waals surface area contributed by atoms with Crippen LogP contribution in [0, 0.1) is 0 Å². The summed E-state index contributed by atoms with van der Waals surface area (Å²) in [6.07, 6.45) is 0. The first kappa shape index (κ1) is 10.2. The molecule has 0 aliphatic rings. The Labute approximate surface area is 77.4 Å². The Hall–Kier alpha value is -0.865. The summed E-state index contributed by atoms with van der Waals surface area (Å²) >= 11 is 0. The van der Waals surface area contributed by atoms with E-state index in [9.17, 15) is 4.53 Å². The molecule has 0 saturated carbocycles. The van der Waals surface area contributed by atoms with Crippen LogP contribution >= 0.6 is 0 Å². The number of hydrogen-bond donors (Lipinski definition) is 1. The van der Waals surface area contributed by atoms with Gasteiger partial charge in [0.15, 0.2) is 0 Å². The Bertz CT molecular complexity index is 278. The molecular weight excluding hydrogens is 170 g/mol. The van der Waals surface area contributed by atoms with Crippen LogP contribution in [0.3, 0.4) is 0 Å². The van der Waals surface area contributed by atoms with Crippen LogP contribution in [0.15, 0.2) is 24.3 Å². The van der Waals surface area contributed by atoms with Crippen LogP contribution in [0.2, 0.25) is 0 Å².